The molecule has 0 heterocycles. The van der Waals surface area contributed by atoms with Gasteiger partial charge in [-0.05, 0) is 0 Å². The normalized spacial score (nSPS) is 13.6. The van der Waals surface area contributed by atoms with Crippen LogP contribution in [-0.4, -0.2) is 20.8 Å². The fraction of sp³-hybridized carbons (Fsp3) is 0.576. The van der Waals surface area contributed by atoms with E-state index < -0.39 is 7.28 Å². The summed E-state index contributed by atoms with van der Waals surface area (Å²) in [6, 6.07) is 17.5. The first-order valence-corrected chi connectivity index (χ1v) is 17.0. The Morgan fingerprint density at radius 3 is 1.59 bits per heavy atom. The van der Waals surface area contributed by atoms with Gasteiger partial charge in [-0.3, -0.25) is 0 Å². The van der Waals surface area contributed by atoms with Gasteiger partial charge in [0.15, 0.2) is 0 Å². The molecule has 0 aromatic heterocycles. The number of hydrogen-bond donors (Lipinski definition) is 3. The predicted octanol–water partition coefficient (Wildman–Crippen LogP) is 8.95. The molecule has 0 saturated carbocycles. The van der Waals surface area contributed by atoms with Crippen molar-refractivity contribution in [3.05, 3.63) is 77.9 Å². The van der Waals surface area contributed by atoms with Gasteiger partial charge < -0.3 is 0 Å². The molecule has 0 aliphatic heterocycles. The molecule has 0 unspecified atom stereocenters. The molecule has 0 fully saturated rings. The van der Waals surface area contributed by atoms with Crippen molar-refractivity contribution in [2.24, 2.45) is 0 Å². The molecule has 2 aromatic rings. The zero-order valence-electron chi connectivity index (χ0n) is 23.7. The minimum absolute atomic E-state index is 0.0359. The molecule has 3 N–H and O–H groups in total. The van der Waals surface area contributed by atoms with Crippen LogP contribution in [0.1, 0.15) is 122 Å². The molecule has 37 heavy (non-hydrogen) atoms. The van der Waals surface area contributed by atoms with Crippen molar-refractivity contribution in [2.45, 2.75) is 116 Å². The van der Waals surface area contributed by atoms with Crippen molar-refractivity contribution in [2.75, 3.05) is 6.16 Å². The molecule has 0 amide bonds. The van der Waals surface area contributed by atoms with Gasteiger partial charge in [0.05, 0.1) is 0 Å². The standard InChI is InChI=1S/C33H53O3P/c1-4-5-6-7-8-9-10-11-12-13-14-15-16-17-18-22-29-37(34,35,36)32-27-25-31(26-28-32)33(2,3)30-23-20-19-21-24-30/h11-12,19-21,23-28,34-36H,4-10,13-18,22,29H2,1-3H3/b12-11+. The van der Waals surface area contributed by atoms with Gasteiger partial charge in [-0.2, -0.15) is 0 Å². The van der Waals surface area contributed by atoms with E-state index in [9.17, 15) is 14.7 Å². The Kier molecular flexibility index (Phi) is 13.5. The second-order valence-corrected chi connectivity index (χ2v) is 14.6. The molecule has 0 atom stereocenters. The summed E-state index contributed by atoms with van der Waals surface area (Å²) >= 11 is 0. The van der Waals surface area contributed by atoms with Crippen molar-refractivity contribution in [1.82, 2.24) is 0 Å². The van der Waals surface area contributed by atoms with Crippen molar-refractivity contribution in [3.63, 3.8) is 0 Å². The summed E-state index contributed by atoms with van der Waals surface area (Å²) in [7, 11) is -4.84. The first-order chi connectivity index (χ1) is 17.7. The van der Waals surface area contributed by atoms with Gasteiger partial charge in [-0.15, -0.1) is 0 Å². The molecule has 0 radical (unpaired) electrons. The molecule has 0 aliphatic rings. The van der Waals surface area contributed by atoms with Crippen LogP contribution in [0.2, 0.25) is 0 Å². The van der Waals surface area contributed by atoms with Crippen molar-refractivity contribution < 1.29 is 14.7 Å². The van der Waals surface area contributed by atoms with E-state index in [2.05, 4.69) is 45.1 Å². The van der Waals surface area contributed by atoms with Gasteiger partial charge in [0.2, 0.25) is 0 Å². The molecule has 4 heteroatoms. The fourth-order valence-corrected chi connectivity index (χ4v) is 6.81. The number of hydrogen-bond acceptors (Lipinski definition) is 3. The maximum absolute atomic E-state index is 10.8. The van der Waals surface area contributed by atoms with E-state index in [0.717, 1.165) is 31.2 Å². The quantitative estimate of drug-likeness (QED) is 0.0969. The third kappa shape index (κ3) is 11.4. The number of unbranched alkanes of at least 4 members (excludes halogenated alkanes) is 12. The topological polar surface area (TPSA) is 60.7 Å². The molecular formula is C33H53O3P. The monoisotopic (exact) mass is 528 g/mol. The summed E-state index contributed by atoms with van der Waals surface area (Å²) in [6.07, 6.45) is 21.4. The van der Waals surface area contributed by atoms with Crippen LogP contribution in [0.3, 0.4) is 0 Å². The zero-order valence-corrected chi connectivity index (χ0v) is 24.6. The first kappa shape index (κ1) is 31.7. The van der Waals surface area contributed by atoms with Gasteiger partial charge in [0.25, 0.3) is 0 Å². The summed E-state index contributed by atoms with van der Waals surface area (Å²) in [5.41, 5.74) is 2.06. The molecular weight excluding hydrogens is 475 g/mol. The van der Waals surface area contributed by atoms with Crippen molar-refractivity contribution in [3.8, 4) is 0 Å². The number of rotatable bonds is 19. The predicted molar refractivity (Wildman–Crippen MR) is 163 cm³/mol. The molecule has 0 spiro atoms. The molecule has 3 nitrogen and oxygen atoms in total. The van der Waals surface area contributed by atoms with Gasteiger partial charge in [0, 0.05) is 0 Å². The summed E-state index contributed by atoms with van der Waals surface area (Å²) in [6.45, 7) is 6.57. The molecule has 208 valence electrons. The Labute approximate surface area is 227 Å². The number of allylic oxidation sites excluding steroid dienone is 2. The van der Waals surface area contributed by atoms with E-state index in [1.807, 2.05) is 30.3 Å². The average Bonchev–Trinajstić information content (AvgIpc) is 2.89. The third-order valence-corrected chi connectivity index (χ3v) is 10.2. The zero-order chi connectivity index (χ0) is 27.1. The van der Waals surface area contributed by atoms with Crippen LogP contribution in [-0.2, 0) is 5.41 Å². The van der Waals surface area contributed by atoms with Crippen molar-refractivity contribution >= 4 is 12.6 Å². The van der Waals surface area contributed by atoms with Crippen molar-refractivity contribution in [1.29, 1.82) is 0 Å². The molecule has 0 bridgehead atoms. The Balaban J connectivity index is 1.64. The van der Waals surface area contributed by atoms with Crippen LogP contribution in [0, 0.1) is 0 Å². The van der Waals surface area contributed by atoms with Gasteiger partial charge in [-0.1, -0.05) is 39.0 Å². The maximum atomic E-state index is 10.8. The van der Waals surface area contributed by atoms with E-state index in [1.165, 1.54) is 63.4 Å². The van der Waals surface area contributed by atoms with Crippen LogP contribution >= 0.6 is 7.28 Å². The molecule has 2 rings (SSSR count). The molecule has 0 aliphatic carbocycles. The second-order valence-electron chi connectivity index (χ2n) is 11.4. The van der Waals surface area contributed by atoms with Crippen LogP contribution < -0.4 is 5.30 Å². The van der Waals surface area contributed by atoms with Crippen LogP contribution in [0.25, 0.3) is 0 Å². The average molecular weight is 529 g/mol. The Morgan fingerprint density at radius 1 is 0.595 bits per heavy atom. The van der Waals surface area contributed by atoms with E-state index in [4.69, 9.17) is 0 Å². The third-order valence-electron chi connectivity index (χ3n) is 7.70. The Hall–Kier alpha value is -1.51. The van der Waals surface area contributed by atoms with Gasteiger partial charge in [0.1, 0.15) is 0 Å². The van der Waals surface area contributed by atoms with E-state index in [-0.39, 0.29) is 16.9 Å². The summed E-state index contributed by atoms with van der Waals surface area (Å²) in [4.78, 5) is 32.4. The minimum atomic E-state index is -4.84. The van der Waals surface area contributed by atoms with Crippen LogP contribution in [0.15, 0.2) is 66.7 Å². The first-order valence-electron chi connectivity index (χ1n) is 14.7. The van der Waals surface area contributed by atoms with Gasteiger partial charge in [-0.25, -0.2) is 0 Å². The van der Waals surface area contributed by atoms with Crippen LogP contribution in [0.5, 0.6) is 0 Å². The molecule has 0 saturated heterocycles. The van der Waals surface area contributed by atoms with E-state index in [0.29, 0.717) is 6.42 Å². The number of benzene rings is 2. The van der Waals surface area contributed by atoms with Crippen LogP contribution in [0.4, 0.5) is 0 Å². The summed E-state index contributed by atoms with van der Waals surface area (Å²) < 4.78 is 0. The van der Waals surface area contributed by atoms with E-state index in [1.54, 1.807) is 12.1 Å². The summed E-state index contributed by atoms with van der Waals surface area (Å²) in [5, 5.41) is 0.256. The second kappa shape index (κ2) is 15.8. The summed E-state index contributed by atoms with van der Waals surface area (Å²) in [5.74, 6) is 0. The Morgan fingerprint density at radius 2 is 1.05 bits per heavy atom. The fourth-order valence-electron chi connectivity index (χ4n) is 4.98. The van der Waals surface area contributed by atoms with Gasteiger partial charge >= 0.3 is 188 Å². The van der Waals surface area contributed by atoms with E-state index >= 15 is 0 Å². The SMILES string of the molecule is CCCCCCCC/C=C/CCCCCCCCP(O)(O)(O)c1ccc(C(C)(C)c2ccccc2)cc1. The molecule has 2 aromatic carbocycles. The Bertz CT molecular complexity index is 895.